The van der Waals surface area contributed by atoms with Crippen LogP contribution < -0.4 is 0 Å². The van der Waals surface area contributed by atoms with E-state index in [0.717, 1.165) is 11.5 Å². The fourth-order valence-corrected chi connectivity index (χ4v) is 3.35. The van der Waals surface area contributed by atoms with Gasteiger partial charge in [0.1, 0.15) is 0 Å². The predicted octanol–water partition coefficient (Wildman–Crippen LogP) is 2.47. The Hall–Kier alpha value is -2.21. The molecule has 0 saturated carbocycles. The van der Waals surface area contributed by atoms with Crippen molar-refractivity contribution in [2.24, 2.45) is 0 Å². The van der Waals surface area contributed by atoms with Gasteiger partial charge in [0.2, 0.25) is 0 Å². The molecule has 0 aliphatic carbocycles. The summed E-state index contributed by atoms with van der Waals surface area (Å²) in [4.78, 5) is 19.3. The van der Waals surface area contributed by atoms with Crippen LogP contribution in [0.3, 0.4) is 0 Å². The van der Waals surface area contributed by atoms with Crippen molar-refractivity contribution in [1.82, 2.24) is 19.7 Å². The highest BCUT2D eigenvalue weighted by molar-refractivity contribution is 5.95. The molecule has 1 aliphatic rings. The first-order valence-corrected chi connectivity index (χ1v) is 8.36. The molecule has 2 aromatic heterocycles. The van der Waals surface area contributed by atoms with Crippen LogP contribution in [0.2, 0.25) is 0 Å². The smallest absolute Gasteiger partial charge is 0.257 e. The third kappa shape index (κ3) is 3.19. The van der Waals surface area contributed by atoms with Crippen molar-refractivity contribution in [3.05, 3.63) is 41.9 Å². The molecule has 3 heterocycles. The van der Waals surface area contributed by atoms with Crippen LogP contribution in [0.4, 0.5) is 0 Å². The standard InChI is InChI=1S/C18H24N4O2/c1-5-15-14(10-20-22(15)16-8-6-7-9-19-16)17(23)21-11-13(2)24-18(3,4)12-21/h6-10,13H,5,11-12H2,1-4H3/t13-/m1/s1. The minimum Gasteiger partial charge on any atom is -0.369 e. The molecule has 1 amide bonds. The quantitative estimate of drug-likeness (QED) is 0.868. The number of pyridine rings is 1. The average molecular weight is 328 g/mol. The highest BCUT2D eigenvalue weighted by Crippen LogP contribution is 2.24. The number of hydrogen-bond donors (Lipinski definition) is 0. The molecule has 0 unspecified atom stereocenters. The Morgan fingerprint density at radius 1 is 1.42 bits per heavy atom. The molecule has 24 heavy (non-hydrogen) atoms. The van der Waals surface area contributed by atoms with Gasteiger partial charge in [-0.1, -0.05) is 13.0 Å². The number of morpholine rings is 1. The minimum absolute atomic E-state index is 0.0113. The van der Waals surface area contributed by atoms with Crippen LogP contribution in [-0.4, -0.2) is 50.4 Å². The summed E-state index contributed by atoms with van der Waals surface area (Å²) in [5.74, 6) is 0.737. The molecule has 0 aromatic carbocycles. The molecule has 1 fully saturated rings. The van der Waals surface area contributed by atoms with Gasteiger partial charge < -0.3 is 9.64 Å². The Morgan fingerprint density at radius 2 is 2.21 bits per heavy atom. The second-order valence-electron chi connectivity index (χ2n) is 6.83. The summed E-state index contributed by atoms with van der Waals surface area (Å²) in [6.07, 6.45) is 4.11. The molecular weight excluding hydrogens is 304 g/mol. The molecule has 0 bridgehead atoms. The molecule has 6 nitrogen and oxygen atoms in total. The maximum Gasteiger partial charge on any atom is 0.257 e. The predicted molar refractivity (Wildman–Crippen MR) is 91.3 cm³/mol. The summed E-state index contributed by atoms with van der Waals surface area (Å²) in [5, 5.41) is 4.40. The fraction of sp³-hybridized carbons (Fsp3) is 0.500. The molecule has 128 valence electrons. The summed E-state index contributed by atoms with van der Waals surface area (Å²) in [7, 11) is 0. The SMILES string of the molecule is CCc1c(C(=O)N2C[C@@H](C)OC(C)(C)C2)cnn1-c1ccccn1. The number of ether oxygens (including phenoxy) is 1. The molecule has 1 atom stereocenters. The zero-order valence-corrected chi connectivity index (χ0v) is 14.7. The Morgan fingerprint density at radius 3 is 2.83 bits per heavy atom. The van der Waals surface area contributed by atoms with Crippen LogP contribution >= 0.6 is 0 Å². The van der Waals surface area contributed by atoms with Gasteiger partial charge in [-0.05, 0) is 39.3 Å². The molecule has 6 heteroatoms. The Balaban J connectivity index is 1.92. The number of hydrogen-bond acceptors (Lipinski definition) is 4. The van der Waals surface area contributed by atoms with Gasteiger partial charge >= 0.3 is 0 Å². The highest BCUT2D eigenvalue weighted by Gasteiger charge is 2.35. The molecule has 1 aliphatic heterocycles. The molecular formula is C18H24N4O2. The van der Waals surface area contributed by atoms with Crippen LogP contribution in [0.5, 0.6) is 0 Å². The number of rotatable bonds is 3. The monoisotopic (exact) mass is 328 g/mol. The minimum atomic E-state index is -0.337. The van der Waals surface area contributed by atoms with Gasteiger partial charge in [0.05, 0.1) is 29.2 Å². The van der Waals surface area contributed by atoms with Gasteiger partial charge in [-0.25, -0.2) is 9.67 Å². The van der Waals surface area contributed by atoms with Crippen LogP contribution in [0.1, 0.15) is 43.7 Å². The van der Waals surface area contributed by atoms with Crippen LogP contribution in [0.25, 0.3) is 5.82 Å². The normalized spacial score (nSPS) is 20.2. The van der Waals surface area contributed by atoms with Gasteiger partial charge in [-0.3, -0.25) is 4.79 Å². The van der Waals surface area contributed by atoms with Gasteiger partial charge in [0.25, 0.3) is 5.91 Å². The Labute approximate surface area is 142 Å². The second-order valence-corrected chi connectivity index (χ2v) is 6.83. The molecule has 0 N–H and O–H groups in total. The third-order valence-corrected chi connectivity index (χ3v) is 4.16. The summed E-state index contributed by atoms with van der Waals surface area (Å²) in [5.41, 5.74) is 1.19. The largest absolute Gasteiger partial charge is 0.369 e. The fourth-order valence-electron chi connectivity index (χ4n) is 3.35. The summed E-state index contributed by atoms with van der Waals surface area (Å²) in [6.45, 7) is 9.23. The van der Waals surface area contributed by atoms with Crippen molar-refractivity contribution >= 4 is 5.91 Å². The lowest BCUT2D eigenvalue weighted by Crippen LogP contribution is -2.53. The van der Waals surface area contributed by atoms with Crippen LogP contribution in [0, 0.1) is 0 Å². The number of aromatic nitrogens is 3. The van der Waals surface area contributed by atoms with Gasteiger partial charge in [0.15, 0.2) is 5.82 Å². The third-order valence-electron chi connectivity index (χ3n) is 4.16. The molecule has 0 spiro atoms. The molecule has 1 saturated heterocycles. The van der Waals surface area contributed by atoms with Crippen molar-refractivity contribution in [2.75, 3.05) is 13.1 Å². The first-order valence-electron chi connectivity index (χ1n) is 8.36. The van der Waals surface area contributed by atoms with E-state index in [1.807, 2.05) is 50.8 Å². The lowest BCUT2D eigenvalue weighted by atomic mass is 10.0. The first kappa shape index (κ1) is 16.6. The van der Waals surface area contributed by atoms with E-state index < -0.39 is 0 Å². The number of amides is 1. The Bertz CT molecular complexity index is 724. The number of carbonyl (C=O) groups is 1. The topological polar surface area (TPSA) is 60.3 Å². The van der Waals surface area contributed by atoms with E-state index in [1.54, 1.807) is 17.1 Å². The van der Waals surface area contributed by atoms with E-state index in [1.165, 1.54) is 0 Å². The molecule has 0 radical (unpaired) electrons. The van der Waals surface area contributed by atoms with Crippen molar-refractivity contribution in [3.8, 4) is 5.82 Å². The van der Waals surface area contributed by atoms with E-state index in [4.69, 9.17) is 4.74 Å². The van der Waals surface area contributed by atoms with Crippen molar-refractivity contribution in [3.63, 3.8) is 0 Å². The zero-order chi connectivity index (χ0) is 17.3. The van der Waals surface area contributed by atoms with Gasteiger partial charge in [-0.2, -0.15) is 5.10 Å². The summed E-state index contributed by atoms with van der Waals surface area (Å²) < 4.78 is 7.65. The maximum absolute atomic E-state index is 13.1. The van der Waals surface area contributed by atoms with E-state index in [9.17, 15) is 4.79 Å². The van der Waals surface area contributed by atoms with Gasteiger partial charge in [0, 0.05) is 19.3 Å². The molecule has 3 rings (SSSR count). The number of carbonyl (C=O) groups excluding carboxylic acids is 1. The van der Waals surface area contributed by atoms with E-state index in [0.29, 0.717) is 25.1 Å². The number of nitrogens with zero attached hydrogens (tertiary/aromatic N) is 4. The van der Waals surface area contributed by atoms with E-state index >= 15 is 0 Å². The lowest BCUT2D eigenvalue weighted by molar-refractivity contribution is -0.118. The van der Waals surface area contributed by atoms with Crippen LogP contribution in [-0.2, 0) is 11.2 Å². The van der Waals surface area contributed by atoms with Crippen molar-refractivity contribution < 1.29 is 9.53 Å². The first-order chi connectivity index (χ1) is 11.4. The Kier molecular flexibility index (Phi) is 4.41. The van der Waals surface area contributed by atoms with Crippen LogP contribution in [0.15, 0.2) is 30.6 Å². The van der Waals surface area contributed by atoms with E-state index in [-0.39, 0.29) is 17.6 Å². The average Bonchev–Trinajstić information content (AvgIpc) is 2.96. The summed E-state index contributed by atoms with van der Waals surface area (Å²) in [6, 6.07) is 5.67. The van der Waals surface area contributed by atoms with Crippen molar-refractivity contribution in [2.45, 2.75) is 45.8 Å². The summed E-state index contributed by atoms with van der Waals surface area (Å²) >= 11 is 0. The highest BCUT2D eigenvalue weighted by atomic mass is 16.5. The lowest BCUT2D eigenvalue weighted by Gasteiger charge is -2.41. The maximum atomic E-state index is 13.1. The van der Waals surface area contributed by atoms with Gasteiger partial charge in [-0.15, -0.1) is 0 Å². The molecule has 2 aromatic rings. The van der Waals surface area contributed by atoms with E-state index in [2.05, 4.69) is 10.1 Å². The zero-order valence-electron chi connectivity index (χ0n) is 14.7. The second kappa shape index (κ2) is 6.36. The van der Waals surface area contributed by atoms with Crippen molar-refractivity contribution in [1.29, 1.82) is 0 Å².